The Kier molecular flexibility index (Phi) is 25.2. The highest BCUT2D eigenvalue weighted by molar-refractivity contribution is 5.75. The summed E-state index contributed by atoms with van der Waals surface area (Å²) < 4.78 is 13.6. The van der Waals surface area contributed by atoms with E-state index in [1.165, 1.54) is 59.4 Å². The minimum Gasteiger partial charge on any atom is -0.278 e. The summed E-state index contributed by atoms with van der Waals surface area (Å²) in [5.74, 6) is 3.30. The van der Waals surface area contributed by atoms with E-state index in [1.54, 1.807) is 73.9 Å². The first-order chi connectivity index (χ1) is 68.5. The largest absolute Gasteiger partial charge is 0.352 e. The van der Waals surface area contributed by atoms with Crippen molar-refractivity contribution in [2.75, 3.05) is 0 Å². The lowest BCUT2D eigenvalue weighted by Gasteiger charge is -2.16. The minimum atomic E-state index is -0.863. The lowest BCUT2D eigenvalue weighted by atomic mass is 9.91. The van der Waals surface area contributed by atoms with Gasteiger partial charge in [-0.3, -0.25) is 55.4 Å². The van der Waals surface area contributed by atoms with Gasteiger partial charge in [0.2, 0.25) is 46.1 Å². The molecule has 0 bridgehead atoms. The summed E-state index contributed by atoms with van der Waals surface area (Å²) in [6.07, 6.45) is 6.63. The average Bonchev–Trinajstić information content (AvgIpc) is 1.69. The van der Waals surface area contributed by atoms with E-state index in [9.17, 15) is 28.8 Å². The molecule has 20 aromatic heterocycles. The SMILES string of the molecule is [C-]#[N+]c1c(C)nn(-c2nc(=O)[nH]c(=O)[nH]2)c1N=Nc1c(C(C)(C)C)[nH]n2nc(C)nc12.[C-]#[N+]c1c(C)nn(-c2nc(=O)[nH]c(=O)[nH]2)c1N=Nc1c(C)[nH]n2nc(C)nc12.[C-]#[N+]c1c(C)nn(-c2ncncn2)c1N=Nc1c(C(C)(C)C)[nH]n2nc(C)nc12.[C-]#[N+]c1c(C)nn(-c2ncncn2)c1N=Nc1c(C)[nH]n2nc(C)nc12.[C-]#[N+]c1cnn(-c2nc(=O)[nH]c(=O)[nH]2)c1N=Nc1c(C(C)(C)C)[nH]n2nc(C)nc12. The molecule has 0 aliphatic carbocycles. The Morgan fingerprint density at radius 1 is 0.292 bits per heavy atom. The summed E-state index contributed by atoms with van der Waals surface area (Å²) in [5.41, 5.74) is 5.32. The first-order valence-corrected chi connectivity index (χ1v) is 42.0. The third kappa shape index (κ3) is 19.1. The molecule has 0 aliphatic heterocycles. The zero-order valence-electron chi connectivity index (χ0n) is 79.2. The lowest BCUT2D eigenvalue weighted by molar-refractivity contribution is 0.556. The average molecular weight is 1950 g/mol. The molecule has 0 spiro atoms. The van der Waals surface area contributed by atoms with Crippen molar-refractivity contribution in [3.8, 4) is 29.7 Å². The number of nitrogens with one attached hydrogen (secondary N) is 11. The van der Waals surface area contributed by atoms with Gasteiger partial charge in [0.1, 0.15) is 54.4 Å². The van der Waals surface area contributed by atoms with Gasteiger partial charge in [0, 0.05) is 16.2 Å². The predicted octanol–water partition coefficient (Wildman–Crippen LogP) is 10.0. The molecule has 20 rings (SSSR count). The quantitative estimate of drug-likeness (QED) is 0.0336. The van der Waals surface area contributed by atoms with Crippen LogP contribution in [-0.4, -0.2) is 223 Å². The molecule has 20 heterocycles. The van der Waals surface area contributed by atoms with E-state index >= 15 is 0 Å². The van der Waals surface area contributed by atoms with Crippen LogP contribution in [0.4, 0.5) is 86.0 Å². The van der Waals surface area contributed by atoms with Crippen LogP contribution in [-0.2, 0) is 16.2 Å². The Labute approximate surface area is 801 Å². The molecule has 0 aliphatic rings. The van der Waals surface area contributed by atoms with Gasteiger partial charge in [-0.05, 0) is 76.2 Å². The molecular formula is C78H76N60O6. The third-order valence-corrected chi connectivity index (χ3v) is 19.9. The number of azo groups is 5. The fraction of sp³-hybridized carbons (Fsp3) is 0.295. The molecule has 0 unspecified atom stereocenters. The zero-order valence-corrected chi connectivity index (χ0v) is 79.2. The highest BCUT2D eigenvalue weighted by atomic mass is 16.2. The van der Waals surface area contributed by atoms with Crippen LogP contribution in [0.2, 0.25) is 0 Å². The van der Waals surface area contributed by atoms with Gasteiger partial charge in [-0.15, -0.1) is 76.6 Å². The molecular weight excluding hydrogens is 1870 g/mol. The van der Waals surface area contributed by atoms with Crippen LogP contribution in [0.15, 0.2) is 111 Å². The maximum Gasteiger partial charge on any atom is 0.352 e. The normalized spacial score (nSPS) is 11.9. The fourth-order valence-corrected chi connectivity index (χ4v) is 13.7. The predicted molar refractivity (Wildman–Crippen MR) is 499 cm³/mol. The summed E-state index contributed by atoms with van der Waals surface area (Å²) in [5, 5.41) is 101. The van der Waals surface area contributed by atoms with Gasteiger partial charge < -0.3 is 0 Å². The number of aryl methyl sites for hydroxylation is 11. The Hall–Kier alpha value is -21.2. The molecule has 0 aromatic carbocycles. The second-order valence-electron chi connectivity index (χ2n) is 33.7. The van der Waals surface area contributed by atoms with Gasteiger partial charge in [0.05, 0.1) is 90.3 Å². The van der Waals surface area contributed by atoms with Crippen LogP contribution in [0.1, 0.15) is 143 Å². The number of hydrogen-bond acceptors (Lipinski definition) is 40. The van der Waals surface area contributed by atoms with Crippen molar-refractivity contribution in [1.29, 1.82) is 0 Å². The molecule has 724 valence electrons. The number of aromatic amines is 11. The van der Waals surface area contributed by atoms with E-state index in [-0.39, 0.29) is 104 Å². The van der Waals surface area contributed by atoms with E-state index in [1.807, 2.05) is 84.2 Å². The van der Waals surface area contributed by atoms with E-state index in [0.717, 1.165) is 36.8 Å². The maximum atomic E-state index is 11.7. The van der Waals surface area contributed by atoms with Crippen molar-refractivity contribution >= 4 is 114 Å². The topological polar surface area (TPSA) is 778 Å². The molecule has 0 saturated heterocycles. The number of hydrogen-bond donors (Lipinski definition) is 11. The summed E-state index contributed by atoms with van der Waals surface area (Å²) in [6, 6.07) is 0. The molecule has 0 amide bonds. The second kappa shape index (κ2) is 37.8. The monoisotopic (exact) mass is 1950 g/mol. The Morgan fingerprint density at radius 2 is 0.549 bits per heavy atom. The van der Waals surface area contributed by atoms with Gasteiger partial charge in [-0.2, -0.15) is 107 Å². The number of fused-ring (bicyclic) bond motifs is 5. The van der Waals surface area contributed by atoms with Crippen LogP contribution in [0.3, 0.4) is 0 Å². The Bertz CT molecular complexity index is 9140. The second-order valence-corrected chi connectivity index (χ2v) is 33.7. The van der Waals surface area contributed by atoms with Crippen molar-refractivity contribution in [3.05, 3.63) is 232 Å². The minimum absolute atomic E-state index is 0.00537. The van der Waals surface area contributed by atoms with Gasteiger partial charge in [-0.25, -0.2) is 87.9 Å². The number of nitrogens with zero attached hydrogens (tertiary/aromatic N) is 49. The van der Waals surface area contributed by atoms with E-state index in [0.29, 0.717) is 114 Å². The highest BCUT2D eigenvalue weighted by Crippen LogP contribution is 2.44. The van der Waals surface area contributed by atoms with Crippen LogP contribution >= 0.6 is 0 Å². The third-order valence-electron chi connectivity index (χ3n) is 19.9. The maximum absolute atomic E-state index is 11.7. The van der Waals surface area contributed by atoms with E-state index in [2.05, 4.69) is 237 Å². The Balaban J connectivity index is 0.000000129. The van der Waals surface area contributed by atoms with Crippen LogP contribution in [0.5, 0.6) is 0 Å². The lowest BCUT2D eigenvalue weighted by Crippen LogP contribution is -2.27. The number of rotatable bonds is 15. The van der Waals surface area contributed by atoms with Crippen LogP contribution in [0.25, 0.3) is 82.2 Å². The smallest absolute Gasteiger partial charge is 0.278 e. The van der Waals surface area contributed by atoms with Crippen molar-refractivity contribution in [2.24, 2.45) is 51.1 Å². The molecule has 66 heteroatoms. The van der Waals surface area contributed by atoms with Gasteiger partial charge in [0.25, 0.3) is 40.3 Å². The Morgan fingerprint density at radius 3 is 0.826 bits per heavy atom. The van der Waals surface area contributed by atoms with Gasteiger partial charge in [-0.1, -0.05) is 62.3 Å². The summed E-state index contributed by atoms with van der Waals surface area (Å²) >= 11 is 0. The highest BCUT2D eigenvalue weighted by Gasteiger charge is 2.32. The zero-order chi connectivity index (χ0) is 103. The molecule has 66 nitrogen and oxygen atoms in total. The molecule has 20 aromatic rings. The summed E-state index contributed by atoms with van der Waals surface area (Å²) in [4.78, 5) is 157. The molecule has 0 radical (unpaired) electrons. The summed E-state index contributed by atoms with van der Waals surface area (Å²) in [6.45, 7) is 74.3. The van der Waals surface area contributed by atoms with Crippen molar-refractivity contribution in [1.82, 2.24) is 223 Å². The molecule has 11 N–H and O–H groups in total. The first kappa shape index (κ1) is 95.9. The van der Waals surface area contributed by atoms with Gasteiger partial charge >= 0.3 is 34.1 Å². The molecule has 0 saturated carbocycles. The standard InChI is InChI=1S/C17H18N12O2.C17H18N12.C16H16N12O2.C14H12N12O2.C14H12N12/c1-7-9(18-6)13(28(25-7)14-20-15(30)22-16(31)21-14)24-23-10-11(17(3,4)5)27-29-12(10)19-8(2)26-29;1-9-11(18-6)15(28(25-9)16-20-7-19-8-21-16)24-23-12-13(17(3,4)5)27-29-14(12)22-10(2)26-29;1-7-19-12-9(10(16(2,3)4)26-28(12)25-7)23-24-11-8(17-5)6-18-27(11)13-20-14(29)22-15(30)21-13;1-5-8(15-4)11(25(22-5)12-17-13(27)19-14(28)18-12)21-20-9-6(2)23-26-10(9)16-7(3)24-26;1-7-10(15-4)13(25(22-7)14-17-5-16-6-18-14)21-20-11-8(2)23-26-12(11)19-9(3)24-26/h27H,1-5H3,(H2,20,21,22,30,31);7-8,27H,1-5H3;6,26H,1-4H3,(H2,20,21,22,29,30);23H,1-3H3,(H2,17,18,19,27,28);5-6,23H,1-3H3. The van der Waals surface area contributed by atoms with Crippen molar-refractivity contribution in [2.45, 2.75) is 155 Å². The van der Waals surface area contributed by atoms with Crippen molar-refractivity contribution in [3.63, 3.8) is 0 Å². The molecule has 0 fully saturated rings. The van der Waals surface area contributed by atoms with E-state index < -0.39 is 34.1 Å². The first-order valence-electron chi connectivity index (χ1n) is 42.0. The molecule has 0 atom stereocenters. The number of H-pyrrole nitrogens is 11. The van der Waals surface area contributed by atoms with E-state index in [4.69, 9.17) is 32.9 Å². The van der Waals surface area contributed by atoms with Crippen LogP contribution < -0.4 is 34.1 Å². The van der Waals surface area contributed by atoms with Gasteiger partial charge in [0.15, 0.2) is 57.5 Å². The van der Waals surface area contributed by atoms with Crippen LogP contribution in [0, 0.1) is 109 Å². The number of aromatic nitrogens is 45. The van der Waals surface area contributed by atoms with Crippen molar-refractivity contribution < 1.29 is 0 Å². The summed E-state index contributed by atoms with van der Waals surface area (Å²) in [7, 11) is 0. The molecule has 144 heavy (non-hydrogen) atoms. The fourth-order valence-electron chi connectivity index (χ4n) is 13.7.